The molecule has 1 heterocycles. The van der Waals surface area contributed by atoms with Crippen LogP contribution in [0, 0.1) is 11.3 Å². The van der Waals surface area contributed by atoms with E-state index in [1.807, 2.05) is 37.3 Å². The lowest BCUT2D eigenvalue weighted by atomic mass is 10.1. The van der Waals surface area contributed by atoms with Gasteiger partial charge in [0.15, 0.2) is 0 Å². The second-order valence-electron chi connectivity index (χ2n) is 4.46. The number of nitrogens with zero attached hydrogens (tertiary/aromatic N) is 2. The lowest BCUT2D eigenvalue weighted by Gasteiger charge is -2.14. The number of benzene rings is 1. The van der Waals surface area contributed by atoms with E-state index in [0.29, 0.717) is 10.6 Å². The summed E-state index contributed by atoms with van der Waals surface area (Å²) in [7, 11) is 0. The first kappa shape index (κ1) is 15.1. The van der Waals surface area contributed by atoms with Gasteiger partial charge in [-0.1, -0.05) is 42.1 Å². The minimum Gasteiger partial charge on any atom is -0.349 e. The van der Waals surface area contributed by atoms with Crippen LogP contribution < -0.4 is 5.32 Å². The summed E-state index contributed by atoms with van der Waals surface area (Å²) in [5.74, 6) is 0.161. The molecule has 1 atom stereocenters. The van der Waals surface area contributed by atoms with Gasteiger partial charge in [-0.2, -0.15) is 5.26 Å². The van der Waals surface area contributed by atoms with E-state index >= 15 is 0 Å². The Morgan fingerprint density at radius 1 is 1.33 bits per heavy atom. The summed E-state index contributed by atoms with van der Waals surface area (Å²) in [4.78, 5) is 16.1. The molecule has 4 nitrogen and oxygen atoms in total. The van der Waals surface area contributed by atoms with E-state index in [2.05, 4.69) is 16.4 Å². The minimum atomic E-state index is -0.0779. The van der Waals surface area contributed by atoms with Crippen LogP contribution in [-0.4, -0.2) is 16.6 Å². The van der Waals surface area contributed by atoms with Crippen LogP contribution in [0.4, 0.5) is 0 Å². The van der Waals surface area contributed by atoms with Crippen LogP contribution in [0.15, 0.2) is 53.7 Å². The number of aromatic nitrogens is 1. The molecule has 2 aromatic rings. The van der Waals surface area contributed by atoms with E-state index in [1.54, 1.807) is 18.3 Å². The summed E-state index contributed by atoms with van der Waals surface area (Å²) < 4.78 is 0. The van der Waals surface area contributed by atoms with Gasteiger partial charge in [0.05, 0.1) is 17.4 Å². The van der Waals surface area contributed by atoms with Gasteiger partial charge in [-0.05, 0) is 24.6 Å². The van der Waals surface area contributed by atoms with Crippen molar-refractivity contribution in [2.45, 2.75) is 18.0 Å². The summed E-state index contributed by atoms with van der Waals surface area (Å²) in [5, 5.41) is 12.5. The molecule has 1 aromatic heterocycles. The van der Waals surface area contributed by atoms with E-state index < -0.39 is 0 Å². The number of nitriles is 1. The zero-order chi connectivity index (χ0) is 15.1. The molecule has 0 radical (unpaired) electrons. The van der Waals surface area contributed by atoms with Crippen LogP contribution in [0.3, 0.4) is 0 Å². The van der Waals surface area contributed by atoms with Gasteiger partial charge in [0, 0.05) is 6.20 Å². The summed E-state index contributed by atoms with van der Waals surface area (Å²) in [5.41, 5.74) is 1.55. The Kier molecular flexibility index (Phi) is 5.35. The van der Waals surface area contributed by atoms with Crippen LogP contribution >= 0.6 is 11.8 Å². The molecule has 5 heteroatoms. The summed E-state index contributed by atoms with van der Waals surface area (Å²) in [6.45, 7) is 1.94. The Balaban J connectivity index is 1.89. The monoisotopic (exact) mass is 297 g/mol. The molecule has 21 heavy (non-hydrogen) atoms. The average Bonchev–Trinajstić information content (AvgIpc) is 2.54. The number of hydrogen-bond acceptors (Lipinski definition) is 4. The summed E-state index contributed by atoms with van der Waals surface area (Å²) in [6, 6.07) is 15.2. The molecule has 0 spiro atoms. The van der Waals surface area contributed by atoms with Gasteiger partial charge in [-0.15, -0.1) is 0 Å². The first-order valence-electron chi connectivity index (χ1n) is 6.53. The lowest BCUT2D eigenvalue weighted by Crippen LogP contribution is -2.28. The number of carbonyl (C=O) groups is 1. The maximum atomic E-state index is 12.0. The highest BCUT2D eigenvalue weighted by molar-refractivity contribution is 7.99. The van der Waals surface area contributed by atoms with E-state index in [-0.39, 0.29) is 17.7 Å². The van der Waals surface area contributed by atoms with Crippen molar-refractivity contribution >= 4 is 17.7 Å². The number of pyridine rings is 1. The van der Waals surface area contributed by atoms with Crippen molar-refractivity contribution in [2.24, 2.45) is 0 Å². The fourth-order valence-electron chi connectivity index (χ4n) is 1.83. The Morgan fingerprint density at radius 3 is 2.81 bits per heavy atom. The van der Waals surface area contributed by atoms with E-state index in [1.165, 1.54) is 11.8 Å². The Morgan fingerprint density at radius 2 is 2.10 bits per heavy atom. The zero-order valence-electron chi connectivity index (χ0n) is 11.6. The van der Waals surface area contributed by atoms with Crippen molar-refractivity contribution in [3.63, 3.8) is 0 Å². The lowest BCUT2D eigenvalue weighted by molar-refractivity contribution is -0.119. The van der Waals surface area contributed by atoms with Crippen molar-refractivity contribution in [3.05, 3.63) is 59.8 Å². The van der Waals surface area contributed by atoms with Gasteiger partial charge < -0.3 is 5.32 Å². The minimum absolute atomic E-state index is 0.0431. The Bertz CT molecular complexity index is 652. The highest BCUT2D eigenvalue weighted by atomic mass is 32.2. The normalized spacial score (nSPS) is 11.4. The largest absolute Gasteiger partial charge is 0.349 e. The molecule has 0 saturated heterocycles. The van der Waals surface area contributed by atoms with Crippen molar-refractivity contribution in [2.75, 3.05) is 5.75 Å². The fourth-order valence-corrected chi connectivity index (χ4v) is 2.59. The molecule has 1 unspecified atom stereocenters. The number of thioether (sulfide) groups is 1. The van der Waals surface area contributed by atoms with Gasteiger partial charge in [-0.25, -0.2) is 4.98 Å². The topological polar surface area (TPSA) is 65.8 Å². The van der Waals surface area contributed by atoms with Crippen molar-refractivity contribution < 1.29 is 4.79 Å². The predicted octanol–water partition coefficient (Wildman–Crippen LogP) is 2.92. The highest BCUT2D eigenvalue weighted by Crippen LogP contribution is 2.19. The molecular formula is C16H15N3OS. The maximum Gasteiger partial charge on any atom is 0.230 e. The molecule has 0 aliphatic rings. The van der Waals surface area contributed by atoms with Crippen molar-refractivity contribution in [3.8, 4) is 6.07 Å². The third-order valence-corrected chi connectivity index (χ3v) is 3.91. The van der Waals surface area contributed by atoms with Gasteiger partial charge >= 0.3 is 0 Å². The number of hydrogen-bond donors (Lipinski definition) is 1. The number of nitrogens with one attached hydrogen (secondary N) is 1. The Labute approximate surface area is 128 Å². The van der Waals surface area contributed by atoms with Crippen molar-refractivity contribution in [1.82, 2.24) is 10.3 Å². The van der Waals surface area contributed by atoms with Crippen LogP contribution in [-0.2, 0) is 4.79 Å². The van der Waals surface area contributed by atoms with Crippen molar-refractivity contribution in [1.29, 1.82) is 5.26 Å². The maximum absolute atomic E-state index is 12.0. The SMILES string of the molecule is CC(NC(=O)CSc1ncccc1C#N)c1ccccc1. The molecule has 0 aliphatic carbocycles. The average molecular weight is 297 g/mol. The standard InChI is InChI=1S/C16H15N3OS/c1-12(13-6-3-2-4-7-13)19-15(20)11-21-16-14(10-17)8-5-9-18-16/h2-9,12H,11H2,1H3,(H,19,20). The Hall–Kier alpha value is -2.32. The molecule has 0 aliphatic heterocycles. The molecule has 1 N–H and O–H groups in total. The second kappa shape index (κ2) is 7.46. The molecule has 0 fully saturated rings. The second-order valence-corrected chi connectivity index (χ2v) is 5.42. The molecule has 106 valence electrons. The third kappa shape index (κ3) is 4.33. The van der Waals surface area contributed by atoms with Crippen LogP contribution in [0.25, 0.3) is 0 Å². The van der Waals surface area contributed by atoms with Gasteiger partial charge in [0.2, 0.25) is 5.91 Å². The molecule has 0 bridgehead atoms. The number of amides is 1. The molecular weight excluding hydrogens is 282 g/mol. The van der Waals surface area contributed by atoms with E-state index in [4.69, 9.17) is 5.26 Å². The number of rotatable bonds is 5. The smallest absolute Gasteiger partial charge is 0.230 e. The fraction of sp³-hybridized carbons (Fsp3) is 0.188. The first-order valence-corrected chi connectivity index (χ1v) is 7.51. The third-order valence-electron chi connectivity index (χ3n) is 2.91. The number of carbonyl (C=O) groups excluding carboxylic acids is 1. The zero-order valence-corrected chi connectivity index (χ0v) is 12.4. The van der Waals surface area contributed by atoms with Gasteiger partial charge in [-0.3, -0.25) is 4.79 Å². The highest BCUT2D eigenvalue weighted by Gasteiger charge is 2.11. The molecule has 2 rings (SSSR count). The summed E-state index contributed by atoms with van der Waals surface area (Å²) >= 11 is 1.27. The molecule has 1 amide bonds. The van der Waals surface area contributed by atoms with Gasteiger partial charge in [0.25, 0.3) is 0 Å². The predicted molar refractivity (Wildman–Crippen MR) is 82.7 cm³/mol. The first-order chi connectivity index (χ1) is 10.2. The van der Waals surface area contributed by atoms with Crippen LogP contribution in [0.1, 0.15) is 24.1 Å². The molecule has 0 saturated carbocycles. The quantitative estimate of drug-likeness (QED) is 0.862. The van der Waals surface area contributed by atoms with E-state index in [0.717, 1.165) is 5.56 Å². The van der Waals surface area contributed by atoms with Crippen LogP contribution in [0.5, 0.6) is 0 Å². The van der Waals surface area contributed by atoms with E-state index in [9.17, 15) is 4.79 Å². The van der Waals surface area contributed by atoms with Gasteiger partial charge in [0.1, 0.15) is 11.1 Å². The summed E-state index contributed by atoms with van der Waals surface area (Å²) in [6.07, 6.45) is 1.62. The molecule has 1 aromatic carbocycles. The van der Waals surface area contributed by atoms with Crippen LogP contribution in [0.2, 0.25) is 0 Å².